The van der Waals surface area contributed by atoms with E-state index in [1.807, 2.05) is 50.2 Å². The van der Waals surface area contributed by atoms with E-state index in [1.165, 1.54) is 0 Å². The van der Waals surface area contributed by atoms with Crippen molar-refractivity contribution in [3.05, 3.63) is 41.5 Å². The normalized spacial score (nSPS) is 18.2. The predicted octanol–water partition coefficient (Wildman–Crippen LogP) is 1.87. The molecule has 1 N–H and O–H groups in total. The van der Waals surface area contributed by atoms with Gasteiger partial charge in [0.2, 0.25) is 0 Å². The van der Waals surface area contributed by atoms with Crippen LogP contribution in [0.4, 0.5) is 0 Å². The number of nitrogens with one attached hydrogen (secondary N) is 1. The highest BCUT2D eigenvalue weighted by Crippen LogP contribution is 2.34. The lowest BCUT2D eigenvalue weighted by atomic mass is 9.88. The number of amides is 1. The third-order valence-electron chi connectivity index (χ3n) is 2.70. The molecule has 0 aromatic heterocycles. The fourth-order valence-corrected chi connectivity index (χ4v) is 2.05. The maximum atomic E-state index is 11.6. The second-order valence-corrected chi connectivity index (χ2v) is 4.31. The van der Waals surface area contributed by atoms with Crippen molar-refractivity contribution in [3.63, 3.8) is 0 Å². The summed E-state index contributed by atoms with van der Waals surface area (Å²) in [5.74, 6) is -0.286. The molecule has 1 heterocycles. The lowest BCUT2D eigenvalue weighted by molar-refractivity contribution is -0.117. The van der Waals surface area contributed by atoms with Gasteiger partial charge in [-0.1, -0.05) is 30.3 Å². The fourth-order valence-electron chi connectivity index (χ4n) is 2.05. The van der Waals surface area contributed by atoms with Crippen LogP contribution in [0.5, 0.6) is 0 Å². The number of rotatable bonds is 1. The van der Waals surface area contributed by atoms with Gasteiger partial charge in [-0.3, -0.25) is 4.79 Å². The first-order valence-electron chi connectivity index (χ1n) is 5.09. The van der Waals surface area contributed by atoms with E-state index < -0.39 is 5.54 Å². The van der Waals surface area contributed by atoms with Gasteiger partial charge >= 0.3 is 0 Å². The number of benzene rings is 1. The Morgan fingerprint density at radius 2 is 1.88 bits per heavy atom. The van der Waals surface area contributed by atoms with Gasteiger partial charge < -0.3 is 5.32 Å². The Bertz CT molecular complexity index is 506. The molecule has 0 radical (unpaired) electrons. The molecule has 0 unspecified atom stereocenters. The van der Waals surface area contributed by atoms with Crippen LogP contribution in [0.15, 0.2) is 35.9 Å². The number of carbonyl (C=O) groups excluding carboxylic acids is 1. The lowest BCUT2D eigenvalue weighted by Crippen LogP contribution is -2.37. The summed E-state index contributed by atoms with van der Waals surface area (Å²) in [6.07, 6.45) is 0. The van der Waals surface area contributed by atoms with Crippen LogP contribution in [0.2, 0.25) is 0 Å². The zero-order chi connectivity index (χ0) is 11.8. The molecule has 0 fully saturated rings. The summed E-state index contributed by atoms with van der Waals surface area (Å²) in [7, 11) is 0. The predicted molar refractivity (Wildman–Crippen MR) is 61.2 cm³/mol. The molecule has 0 saturated heterocycles. The van der Waals surface area contributed by atoms with Crippen molar-refractivity contribution in [1.29, 1.82) is 5.26 Å². The zero-order valence-corrected chi connectivity index (χ0v) is 9.24. The molecule has 1 aromatic rings. The SMILES string of the molecule is CC1(C)NC(=O)C(C#N)=C1c1ccccc1. The molecule has 0 saturated carbocycles. The van der Waals surface area contributed by atoms with Gasteiger partial charge in [0.25, 0.3) is 5.91 Å². The summed E-state index contributed by atoms with van der Waals surface area (Å²) in [5, 5.41) is 11.8. The highest BCUT2D eigenvalue weighted by atomic mass is 16.2. The Morgan fingerprint density at radius 1 is 1.25 bits per heavy atom. The van der Waals surface area contributed by atoms with Gasteiger partial charge in [0, 0.05) is 5.57 Å². The summed E-state index contributed by atoms with van der Waals surface area (Å²) < 4.78 is 0. The maximum Gasteiger partial charge on any atom is 0.263 e. The number of carbonyl (C=O) groups is 1. The molecule has 3 heteroatoms. The monoisotopic (exact) mass is 212 g/mol. The van der Waals surface area contributed by atoms with E-state index in [1.54, 1.807) is 0 Å². The van der Waals surface area contributed by atoms with Gasteiger partial charge in [-0.25, -0.2) is 0 Å². The summed E-state index contributed by atoms with van der Waals surface area (Å²) in [4.78, 5) is 11.6. The van der Waals surface area contributed by atoms with Crippen molar-refractivity contribution in [2.45, 2.75) is 19.4 Å². The molecule has 2 rings (SSSR count). The highest BCUT2D eigenvalue weighted by molar-refractivity contribution is 6.11. The van der Waals surface area contributed by atoms with Crippen molar-refractivity contribution in [2.24, 2.45) is 0 Å². The third-order valence-corrected chi connectivity index (χ3v) is 2.70. The molecule has 16 heavy (non-hydrogen) atoms. The third kappa shape index (κ3) is 1.49. The van der Waals surface area contributed by atoms with E-state index in [0.29, 0.717) is 0 Å². The van der Waals surface area contributed by atoms with Gasteiger partial charge in [0.1, 0.15) is 11.6 Å². The average Bonchev–Trinajstić information content (AvgIpc) is 2.48. The van der Waals surface area contributed by atoms with Crippen LogP contribution < -0.4 is 5.32 Å². The van der Waals surface area contributed by atoms with Gasteiger partial charge in [0.05, 0.1) is 5.54 Å². The molecule has 1 amide bonds. The van der Waals surface area contributed by atoms with E-state index in [0.717, 1.165) is 11.1 Å². The summed E-state index contributed by atoms with van der Waals surface area (Å²) in [6, 6.07) is 11.5. The number of nitriles is 1. The lowest BCUT2D eigenvalue weighted by Gasteiger charge is -2.22. The van der Waals surface area contributed by atoms with Crippen LogP contribution in [0.1, 0.15) is 19.4 Å². The van der Waals surface area contributed by atoms with E-state index in [-0.39, 0.29) is 11.5 Å². The standard InChI is InChI=1S/C13H12N2O/c1-13(2)11(9-6-4-3-5-7-9)10(8-14)12(16)15-13/h3-7H,1-2H3,(H,15,16). The van der Waals surface area contributed by atoms with Crippen LogP contribution in [-0.2, 0) is 4.79 Å². The summed E-state index contributed by atoms with van der Waals surface area (Å²) in [6.45, 7) is 3.80. The smallest absolute Gasteiger partial charge is 0.263 e. The number of hydrogen-bond acceptors (Lipinski definition) is 2. The first kappa shape index (κ1) is 10.4. The minimum absolute atomic E-state index is 0.219. The zero-order valence-electron chi connectivity index (χ0n) is 9.24. The fraction of sp³-hybridized carbons (Fsp3) is 0.231. The number of hydrogen-bond donors (Lipinski definition) is 1. The first-order chi connectivity index (χ1) is 7.56. The topological polar surface area (TPSA) is 52.9 Å². The molecule has 1 aromatic carbocycles. The van der Waals surface area contributed by atoms with Crippen LogP contribution in [-0.4, -0.2) is 11.4 Å². The first-order valence-corrected chi connectivity index (χ1v) is 5.09. The number of nitrogens with zero attached hydrogens (tertiary/aromatic N) is 1. The quantitative estimate of drug-likeness (QED) is 0.772. The Labute approximate surface area is 94.4 Å². The maximum absolute atomic E-state index is 11.6. The molecule has 0 aliphatic carbocycles. The van der Waals surface area contributed by atoms with E-state index in [9.17, 15) is 4.79 Å². The Balaban J connectivity index is 2.65. The average molecular weight is 212 g/mol. The second-order valence-electron chi connectivity index (χ2n) is 4.31. The summed E-state index contributed by atoms with van der Waals surface area (Å²) >= 11 is 0. The van der Waals surface area contributed by atoms with Crippen molar-refractivity contribution in [3.8, 4) is 6.07 Å². The van der Waals surface area contributed by atoms with Crippen LogP contribution >= 0.6 is 0 Å². The van der Waals surface area contributed by atoms with Crippen LogP contribution in [0.3, 0.4) is 0 Å². The van der Waals surface area contributed by atoms with Crippen molar-refractivity contribution >= 4 is 11.5 Å². The molecule has 0 spiro atoms. The van der Waals surface area contributed by atoms with Crippen LogP contribution in [0, 0.1) is 11.3 Å². The van der Waals surface area contributed by atoms with Crippen molar-refractivity contribution in [1.82, 2.24) is 5.32 Å². The molecule has 1 aliphatic rings. The van der Waals surface area contributed by atoms with Gasteiger partial charge in [-0.05, 0) is 19.4 Å². The molecule has 1 aliphatic heterocycles. The molecule has 3 nitrogen and oxygen atoms in total. The van der Waals surface area contributed by atoms with E-state index >= 15 is 0 Å². The molecule has 0 bridgehead atoms. The van der Waals surface area contributed by atoms with Gasteiger partial charge in [-0.2, -0.15) is 5.26 Å². The van der Waals surface area contributed by atoms with Crippen molar-refractivity contribution in [2.75, 3.05) is 0 Å². The Hall–Kier alpha value is -2.08. The van der Waals surface area contributed by atoms with E-state index in [2.05, 4.69) is 5.32 Å². The Morgan fingerprint density at radius 3 is 2.44 bits per heavy atom. The second kappa shape index (κ2) is 3.49. The molecule has 80 valence electrons. The Kier molecular flexibility index (Phi) is 2.28. The van der Waals surface area contributed by atoms with Gasteiger partial charge in [-0.15, -0.1) is 0 Å². The molecular formula is C13H12N2O. The summed E-state index contributed by atoms with van der Waals surface area (Å²) in [5.41, 5.74) is 1.43. The minimum atomic E-state index is -0.483. The largest absolute Gasteiger partial charge is 0.342 e. The minimum Gasteiger partial charge on any atom is -0.342 e. The van der Waals surface area contributed by atoms with Crippen LogP contribution in [0.25, 0.3) is 5.57 Å². The van der Waals surface area contributed by atoms with E-state index in [4.69, 9.17) is 5.26 Å². The molecule has 0 atom stereocenters. The van der Waals surface area contributed by atoms with Crippen molar-refractivity contribution < 1.29 is 4.79 Å². The highest BCUT2D eigenvalue weighted by Gasteiger charge is 2.38. The van der Waals surface area contributed by atoms with Gasteiger partial charge in [0.15, 0.2) is 0 Å². The molecular weight excluding hydrogens is 200 g/mol.